The van der Waals surface area contributed by atoms with Gasteiger partial charge in [0.15, 0.2) is 0 Å². The van der Waals surface area contributed by atoms with Crippen molar-refractivity contribution in [3.63, 3.8) is 0 Å². The van der Waals surface area contributed by atoms with Crippen molar-refractivity contribution in [2.45, 2.75) is 6.92 Å². The summed E-state index contributed by atoms with van der Waals surface area (Å²) in [5.41, 5.74) is 2.86. The van der Waals surface area contributed by atoms with Gasteiger partial charge in [-0.15, -0.1) is 0 Å². The summed E-state index contributed by atoms with van der Waals surface area (Å²) in [6, 6.07) is 13.2. The minimum Gasteiger partial charge on any atom is -0.497 e. The van der Waals surface area contributed by atoms with Gasteiger partial charge >= 0.3 is 0 Å². The van der Waals surface area contributed by atoms with Gasteiger partial charge in [-0.1, -0.05) is 23.2 Å². The summed E-state index contributed by atoms with van der Waals surface area (Å²) in [5.74, 6) is 1.59. The molecule has 112 valence electrons. The molecule has 1 aromatic heterocycles. The van der Waals surface area contributed by atoms with E-state index in [2.05, 4.69) is 9.55 Å². The first kappa shape index (κ1) is 14.9. The van der Waals surface area contributed by atoms with E-state index >= 15 is 0 Å². The molecule has 5 heteroatoms. The van der Waals surface area contributed by atoms with Crippen LogP contribution in [0, 0.1) is 6.92 Å². The normalized spacial score (nSPS) is 10.7. The Morgan fingerprint density at radius 1 is 1.05 bits per heavy atom. The SMILES string of the molecule is COc1ccc(-n2c(C)cnc2-c2ccc(Cl)cc2Cl)cc1. The molecule has 2 aromatic carbocycles. The summed E-state index contributed by atoms with van der Waals surface area (Å²) in [5, 5.41) is 1.18. The van der Waals surface area contributed by atoms with Gasteiger partial charge in [-0.3, -0.25) is 4.57 Å². The van der Waals surface area contributed by atoms with Crippen molar-refractivity contribution < 1.29 is 4.74 Å². The molecule has 0 unspecified atom stereocenters. The van der Waals surface area contributed by atoms with Gasteiger partial charge in [0.25, 0.3) is 0 Å². The van der Waals surface area contributed by atoms with Crippen LogP contribution in [0.25, 0.3) is 17.1 Å². The lowest BCUT2D eigenvalue weighted by atomic mass is 10.2. The fourth-order valence-corrected chi connectivity index (χ4v) is 2.85. The average molecular weight is 333 g/mol. The molecule has 1 heterocycles. The third-order valence-corrected chi connectivity index (χ3v) is 3.99. The summed E-state index contributed by atoms with van der Waals surface area (Å²) in [6.45, 7) is 2.00. The zero-order chi connectivity index (χ0) is 15.7. The molecule has 0 saturated heterocycles. The van der Waals surface area contributed by atoms with E-state index in [4.69, 9.17) is 27.9 Å². The second kappa shape index (κ2) is 6.03. The highest BCUT2D eigenvalue weighted by atomic mass is 35.5. The van der Waals surface area contributed by atoms with Crippen LogP contribution >= 0.6 is 23.2 Å². The zero-order valence-corrected chi connectivity index (χ0v) is 13.7. The second-order valence-electron chi connectivity index (χ2n) is 4.88. The van der Waals surface area contributed by atoms with E-state index < -0.39 is 0 Å². The Morgan fingerprint density at radius 2 is 1.77 bits per heavy atom. The number of rotatable bonds is 3. The molecule has 0 saturated carbocycles. The average Bonchev–Trinajstić information content (AvgIpc) is 2.89. The molecule has 3 aromatic rings. The Labute approximate surface area is 139 Å². The largest absolute Gasteiger partial charge is 0.497 e. The number of benzene rings is 2. The maximum absolute atomic E-state index is 6.32. The first-order valence-electron chi connectivity index (χ1n) is 6.74. The van der Waals surface area contributed by atoms with Crippen molar-refractivity contribution >= 4 is 23.2 Å². The number of aromatic nitrogens is 2. The third kappa shape index (κ3) is 2.70. The number of methoxy groups -OCH3 is 1. The van der Waals surface area contributed by atoms with E-state index in [9.17, 15) is 0 Å². The minimum atomic E-state index is 0.577. The molecule has 0 bridgehead atoms. The molecule has 22 heavy (non-hydrogen) atoms. The maximum Gasteiger partial charge on any atom is 0.146 e. The predicted molar refractivity (Wildman–Crippen MR) is 90.3 cm³/mol. The van der Waals surface area contributed by atoms with Gasteiger partial charge in [-0.2, -0.15) is 0 Å². The van der Waals surface area contributed by atoms with Crippen LogP contribution in [-0.2, 0) is 0 Å². The summed E-state index contributed by atoms with van der Waals surface area (Å²) in [7, 11) is 1.65. The lowest BCUT2D eigenvalue weighted by Crippen LogP contribution is -2.00. The van der Waals surface area contributed by atoms with E-state index in [1.54, 1.807) is 13.2 Å². The first-order valence-corrected chi connectivity index (χ1v) is 7.50. The number of ether oxygens (including phenoxy) is 1. The highest BCUT2D eigenvalue weighted by Crippen LogP contribution is 2.32. The number of aryl methyl sites for hydroxylation is 1. The van der Waals surface area contributed by atoms with Gasteiger partial charge < -0.3 is 4.74 Å². The van der Waals surface area contributed by atoms with Gasteiger partial charge in [0.05, 0.1) is 12.1 Å². The van der Waals surface area contributed by atoms with E-state index in [1.807, 2.05) is 49.5 Å². The van der Waals surface area contributed by atoms with Crippen molar-refractivity contribution in [2.24, 2.45) is 0 Å². The van der Waals surface area contributed by atoms with Crippen molar-refractivity contribution in [1.82, 2.24) is 9.55 Å². The highest BCUT2D eigenvalue weighted by Gasteiger charge is 2.14. The summed E-state index contributed by atoms with van der Waals surface area (Å²) < 4.78 is 7.25. The standard InChI is InChI=1S/C17H14Cl2N2O/c1-11-10-20-17(15-8-3-12(18)9-16(15)19)21(11)13-4-6-14(22-2)7-5-13/h3-10H,1-2H3. The fraction of sp³-hybridized carbons (Fsp3) is 0.118. The third-order valence-electron chi connectivity index (χ3n) is 3.44. The lowest BCUT2D eigenvalue weighted by molar-refractivity contribution is 0.414. The van der Waals surface area contributed by atoms with Crippen LogP contribution < -0.4 is 4.74 Å². The van der Waals surface area contributed by atoms with E-state index in [0.717, 1.165) is 28.5 Å². The van der Waals surface area contributed by atoms with Crippen molar-refractivity contribution in [3.05, 3.63) is 64.4 Å². The second-order valence-corrected chi connectivity index (χ2v) is 5.72. The number of hydrogen-bond acceptors (Lipinski definition) is 2. The van der Waals surface area contributed by atoms with Crippen LogP contribution in [0.4, 0.5) is 0 Å². The van der Waals surface area contributed by atoms with Crippen molar-refractivity contribution in [1.29, 1.82) is 0 Å². The molecule has 0 spiro atoms. The van der Waals surface area contributed by atoms with Crippen LogP contribution in [0.1, 0.15) is 5.69 Å². The topological polar surface area (TPSA) is 27.1 Å². The highest BCUT2D eigenvalue weighted by molar-refractivity contribution is 6.36. The minimum absolute atomic E-state index is 0.577. The summed E-state index contributed by atoms with van der Waals surface area (Å²) in [6.07, 6.45) is 1.82. The van der Waals surface area contributed by atoms with Gasteiger partial charge in [-0.25, -0.2) is 4.98 Å². The van der Waals surface area contributed by atoms with Gasteiger partial charge in [0.1, 0.15) is 11.6 Å². The van der Waals surface area contributed by atoms with E-state index in [-0.39, 0.29) is 0 Å². The van der Waals surface area contributed by atoms with Gasteiger partial charge in [0.2, 0.25) is 0 Å². The Balaban J connectivity index is 2.14. The maximum atomic E-state index is 6.32. The predicted octanol–water partition coefficient (Wildman–Crippen LogP) is 5.16. The van der Waals surface area contributed by atoms with E-state index in [1.165, 1.54) is 0 Å². The van der Waals surface area contributed by atoms with Crippen molar-refractivity contribution in [3.8, 4) is 22.8 Å². The Bertz CT molecular complexity index is 810. The zero-order valence-electron chi connectivity index (χ0n) is 12.2. The Kier molecular flexibility index (Phi) is 4.10. The quantitative estimate of drug-likeness (QED) is 0.662. The molecular weight excluding hydrogens is 319 g/mol. The van der Waals surface area contributed by atoms with Crippen LogP contribution in [0.5, 0.6) is 5.75 Å². The number of nitrogens with zero attached hydrogens (tertiary/aromatic N) is 2. The monoisotopic (exact) mass is 332 g/mol. The lowest BCUT2D eigenvalue weighted by Gasteiger charge is -2.12. The molecule has 0 atom stereocenters. The molecule has 0 N–H and O–H groups in total. The number of hydrogen-bond donors (Lipinski definition) is 0. The molecule has 3 nitrogen and oxygen atoms in total. The molecule has 0 aliphatic heterocycles. The molecule has 0 aliphatic rings. The first-order chi connectivity index (χ1) is 10.6. The smallest absolute Gasteiger partial charge is 0.146 e. The molecule has 0 fully saturated rings. The van der Waals surface area contributed by atoms with Crippen LogP contribution in [0.15, 0.2) is 48.7 Å². The van der Waals surface area contributed by atoms with Crippen molar-refractivity contribution in [2.75, 3.05) is 7.11 Å². The van der Waals surface area contributed by atoms with Crippen LogP contribution in [-0.4, -0.2) is 16.7 Å². The Morgan fingerprint density at radius 3 is 2.41 bits per heavy atom. The molecule has 0 amide bonds. The summed E-state index contributed by atoms with van der Waals surface area (Å²) >= 11 is 12.3. The summed E-state index contributed by atoms with van der Waals surface area (Å²) in [4.78, 5) is 4.50. The van der Waals surface area contributed by atoms with Gasteiger partial charge in [0, 0.05) is 28.2 Å². The molecule has 0 aliphatic carbocycles. The van der Waals surface area contributed by atoms with Gasteiger partial charge in [-0.05, 0) is 49.4 Å². The number of imidazole rings is 1. The van der Waals surface area contributed by atoms with E-state index in [0.29, 0.717) is 10.0 Å². The molecular formula is C17H14Cl2N2O. The van der Waals surface area contributed by atoms with Crippen LogP contribution in [0.3, 0.4) is 0 Å². The Hall–Kier alpha value is -1.97. The fourth-order valence-electron chi connectivity index (χ4n) is 2.36. The van der Waals surface area contributed by atoms with Crippen LogP contribution in [0.2, 0.25) is 10.0 Å². The molecule has 3 rings (SSSR count). The number of halogens is 2. The molecule has 0 radical (unpaired) electrons.